The lowest BCUT2D eigenvalue weighted by molar-refractivity contribution is -0.0862. The van der Waals surface area contributed by atoms with Crippen LogP contribution in [0.1, 0.15) is 27.2 Å². The van der Waals surface area contributed by atoms with Gasteiger partial charge in [0.05, 0.1) is 51.4 Å². The van der Waals surface area contributed by atoms with E-state index in [1.165, 1.54) is 0 Å². The molecule has 2 radical (unpaired) electrons. The van der Waals surface area contributed by atoms with Crippen molar-refractivity contribution in [2.45, 2.75) is 56.0 Å². The Morgan fingerprint density at radius 1 is 1.25 bits per heavy atom. The van der Waals surface area contributed by atoms with Crippen LogP contribution in [0.2, 0.25) is 5.82 Å². The predicted molar refractivity (Wildman–Crippen MR) is 115 cm³/mol. The third-order valence-electron chi connectivity index (χ3n) is 6.15. The third kappa shape index (κ3) is 3.13. The highest BCUT2D eigenvalue weighted by atomic mass is 31.2. The van der Waals surface area contributed by atoms with Crippen LogP contribution in [0.3, 0.4) is 0 Å². The van der Waals surface area contributed by atoms with Crippen molar-refractivity contribution in [1.82, 2.24) is 0 Å². The normalized spacial score (nSPS) is 42.1. The molecule has 2 aliphatic carbocycles. The molecule has 3 nitrogen and oxygen atoms in total. The molecule has 0 aromatic carbocycles. The standard InChI is InChI=1S/C17H31BO3P3/c1-7-22(4)10-12(23(5)8-2)24(6)15(20)17-9-11(17)13(18)16(3,21)14(17)19/h11-15,19-21H,4-10H2,1-3H3/q+3/t11-,12?,13-,14+,15+,16+,17?/m1/s1. The maximum atomic E-state index is 11.1. The van der Waals surface area contributed by atoms with Gasteiger partial charge in [0.25, 0.3) is 0 Å². The maximum absolute atomic E-state index is 11.1. The molecule has 0 aromatic heterocycles. The largest absolute Gasteiger partial charge is 0.389 e. The van der Waals surface area contributed by atoms with E-state index >= 15 is 0 Å². The zero-order valence-corrected chi connectivity index (χ0v) is 17.8. The van der Waals surface area contributed by atoms with Crippen LogP contribution in [0.25, 0.3) is 0 Å². The maximum Gasteiger partial charge on any atom is 0.302 e. The molecule has 7 heteroatoms. The number of aliphatic hydroxyl groups is 3. The van der Waals surface area contributed by atoms with Crippen molar-refractivity contribution in [3.05, 3.63) is 0 Å². The summed E-state index contributed by atoms with van der Waals surface area (Å²) >= 11 is 0. The highest BCUT2D eigenvalue weighted by Gasteiger charge is 2.79. The molecule has 3 N–H and O–H groups in total. The van der Waals surface area contributed by atoms with Gasteiger partial charge in [0, 0.05) is 0 Å². The van der Waals surface area contributed by atoms with Crippen molar-refractivity contribution >= 4 is 49.4 Å². The summed E-state index contributed by atoms with van der Waals surface area (Å²) in [6.07, 6.45) is 15.7. The monoisotopic (exact) mass is 387 g/mol. The van der Waals surface area contributed by atoms with Crippen LogP contribution in [0.5, 0.6) is 0 Å². The zero-order valence-electron chi connectivity index (χ0n) is 15.1. The lowest BCUT2D eigenvalue weighted by atomic mass is 9.72. The highest BCUT2D eigenvalue weighted by Crippen LogP contribution is 2.75. The Labute approximate surface area is 150 Å². The molecule has 5 unspecified atom stereocenters. The Balaban J connectivity index is 2.25. The molecule has 2 saturated carbocycles. The summed E-state index contributed by atoms with van der Waals surface area (Å²) in [4.78, 5) is 0. The molecule has 0 spiro atoms. The average molecular weight is 387 g/mol. The lowest BCUT2D eigenvalue weighted by Gasteiger charge is -2.32. The second-order valence-electron chi connectivity index (χ2n) is 7.52. The van der Waals surface area contributed by atoms with Crippen molar-refractivity contribution < 1.29 is 15.3 Å². The van der Waals surface area contributed by atoms with Crippen LogP contribution in [-0.4, -0.2) is 83.5 Å². The molecule has 0 amide bonds. The Kier molecular flexibility index (Phi) is 6.25. The second-order valence-corrected chi connectivity index (χ2v) is 14.8. The van der Waals surface area contributed by atoms with Crippen molar-refractivity contribution in [3.8, 4) is 0 Å². The van der Waals surface area contributed by atoms with Crippen molar-refractivity contribution in [1.29, 1.82) is 0 Å². The third-order valence-corrected chi connectivity index (χ3v) is 14.3. The van der Waals surface area contributed by atoms with Gasteiger partial charge in [0.2, 0.25) is 5.85 Å². The van der Waals surface area contributed by atoms with Gasteiger partial charge in [-0.15, -0.1) is 0 Å². The van der Waals surface area contributed by atoms with Crippen LogP contribution < -0.4 is 0 Å². The summed E-state index contributed by atoms with van der Waals surface area (Å²) in [5, 5.41) is 32.6. The average Bonchev–Trinajstić information content (AvgIpc) is 3.28. The SMILES string of the molecule is [B][C@@H]1[C@H]2CC2([C@@H](O)[P+](=C)C(C[P+](=C)CC)[P+](=C)CC)[C@@H](O)[C@@]1(C)O. The zero-order chi connectivity index (χ0) is 18.4. The van der Waals surface area contributed by atoms with Gasteiger partial charge in [0.15, 0.2) is 13.7 Å². The summed E-state index contributed by atoms with van der Waals surface area (Å²) in [5.41, 5.74) is -2.01. The fraction of sp³-hybridized carbons (Fsp3) is 0.824. The molecule has 2 aliphatic rings. The van der Waals surface area contributed by atoms with E-state index in [1.54, 1.807) is 6.92 Å². The molecule has 0 aliphatic heterocycles. The van der Waals surface area contributed by atoms with Gasteiger partial charge in [-0.2, -0.15) is 0 Å². The minimum absolute atomic E-state index is 0.0185. The number of hydrogen-bond acceptors (Lipinski definition) is 3. The van der Waals surface area contributed by atoms with Gasteiger partial charge >= 0.3 is 5.40 Å². The molecule has 2 fully saturated rings. The molecule has 132 valence electrons. The lowest BCUT2D eigenvalue weighted by Crippen LogP contribution is -2.46. The van der Waals surface area contributed by atoms with Gasteiger partial charge in [-0.25, -0.2) is 0 Å². The summed E-state index contributed by atoms with van der Waals surface area (Å²) in [6.45, 7) is 5.88. The Hall–Kier alpha value is 0.455. The van der Waals surface area contributed by atoms with Gasteiger partial charge in [0.1, 0.15) is 19.9 Å². The van der Waals surface area contributed by atoms with Gasteiger partial charge < -0.3 is 15.3 Å². The van der Waals surface area contributed by atoms with Gasteiger partial charge in [-0.1, -0.05) is 0 Å². The van der Waals surface area contributed by atoms with Crippen molar-refractivity contribution in [2.24, 2.45) is 11.3 Å². The smallest absolute Gasteiger partial charge is 0.302 e. The number of rotatable bonds is 8. The fourth-order valence-electron chi connectivity index (χ4n) is 4.14. The molecule has 10 atom stereocenters. The van der Waals surface area contributed by atoms with Crippen LogP contribution >= 0.6 is 22.6 Å². The molecular formula is C17H31BO3P3+3. The van der Waals surface area contributed by atoms with E-state index < -0.39 is 43.9 Å². The minimum atomic E-state index is -1.34. The minimum Gasteiger partial charge on any atom is -0.389 e. The quantitative estimate of drug-likeness (QED) is 0.443. The molecule has 2 rings (SSSR count). The summed E-state index contributed by atoms with van der Waals surface area (Å²) in [5.74, 6) is -1.21. The summed E-state index contributed by atoms with van der Waals surface area (Å²) in [7, 11) is 4.38. The number of hydrogen-bond donors (Lipinski definition) is 3. The summed E-state index contributed by atoms with van der Waals surface area (Å²) in [6, 6.07) is 0. The first-order valence-corrected chi connectivity index (χ1v) is 14.0. The molecule has 0 aromatic rings. The number of fused-ring (bicyclic) bond motifs is 1. The first kappa shape index (κ1) is 20.8. The first-order chi connectivity index (χ1) is 11.0. The molecular weight excluding hydrogens is 356 g/mol. The second kappa shape index (κ2) is 7.23. The summed E-state index contributed by atoms with van der Waals surface area (Å²) < 4.78 is 0. The van der Waals surface area contributed by atoms with Crippen LogP contribution in [0.4, 0.5) is 0 Å². The molecule has 0 saturated heterocycles. The van der Waals surface area contributed by atoms with Crippen molar-refractivity contribution in [3.63, 3.8) is 0 Å². The molecule has 0 bridgehead atoms. The van der Waals surface area contributed by atoms with E-state index in [1.807, 2.05) is 0 Å². The van der Waals surface area contributed by atoms with E-state index in [0.29, 0.717) is 11.8 Å². The van der Waals surface area contributed by atoms with Crippen LogP contribution in [-0.2, 0) is 0 Å². The van der Waals surface area contributed by atoms with E-state index in [2.05, 4.69) is 32.7 Å². The Morgan fingerprint density at radius 3 is 2.25 bits per heavy atom. The fourth-order valence-corrected chi connectivity index (χ4v) is 12.4. The molecule has 0 heterocycles. The van der Waals surface area contributed by atoms with E-state index in [9.17, 15) is 15.3 Å². The molecule has 24 heavy (non-hydrogen) atoms. The topological polar surface area (TPSA) is 60.7 Å². The van der Waals surface area contributed by atoms with E-state index in [-0.39, 0.29) is 13.5 Å². The van der Waals surface area contributed by atoms with Gasteiger partial charge in [-0.3, -0.25) is 0 Å². The van der Waals surface area contributed by atoms with E-state index in [0.717, 1.165) is 18.5 Å². The van der Waals surface area contributed by atoms with E-state index in [4.69, 9.17) is 7.85 Å². The Morgan fingerprint density at radius 2 is 1.83 bits per heavy atom. The van der Waals surface area contributed by atoms with Crippen LogP contribution in [0, 0.1) is 11.3 Å². The van der Waals surface area contributed by atoms with Crippen LogP contribution in [0.15, 0.2) is 0 Å². The first-order valence-electron chi connectivity index (χ1n) is 8.61. The highest BCUT2D eigenvalue weighted by molar-refractivity contribution is 7.75. The van der Waals surface area contributed by atoms with Gasteiger partial charge in [-0.05, 0) is 38.9 Å². The Bertz CT molecular complexity index is 565. The number of aliphatic hydroxyl groups excluding tert-OH is 2. The predicted octanol–water partition coefficient (Wildman–Crippen LogP) is 2.50. The van der Waals surface area contributed by atoms with Crippen molar-refractivity contribution in [2.75, 3.05) is 18.5 Å².